The van der Waals surface area contributed by atoms with E-state index in [1.54, 1.807) is 39.5 Å². The smallest absolute Gasteiger partial charge is 0.410 e. The molecule has 3 unspecified atom stereocenters. The second-order valence-corrected chi connectivity index (χ2v) is 6.24. The average molecular weight is 303 g/mol. The zero-order valence-corrected chi connectivity index (χ0v) is 14.2. The molecule has 0 spiro atoms. The summed E-state index contributed by atoms with van der Waals surface area (Å²) in [6.07, 6.45) is -0.292. The number of amides is 1. The maximum atomic E-state index is 12.3. The van der Waals surface area contributed by atoms with Crippen LogP contribution in [-0.4, -0.2) is 53.5 Å². The van der Waals surface area contributed by atoms with Crippen LogP contribution in [-0.2, 0) is 14.3 Å². The van der Waals surface area contributed by atoms with E-state index >= 15 is 0 Å². The monoisotopic (exact) mass is 303 g/mol. The lowest BCUT2D eigenvalue weighted by atomic mass is 9.97. The van der Waals surface area contributed by atoms with Gasteiger partial charge in [0.25, 0.3) is 0 Å². The molecule has 3 atom stereocenters. The average Bonchev–Trinajstić information content (AvgIpc) is 2.33. The lowest BCUT2D eigenvalue weighted by Gasteiger charge is -2.36. The highest BCUT2D eigenvalue weighted by molar-refractivity contribution is 5.71. The SMILES string of the molecule is CCCN(C(=O)OC(C)(C)C)C(C)C(OC)C(C)C(=O)O. The summed E-state index contributed by atoms with van der Waals surface area (Å²) >= 11 is 0. The van der Waals surface area contributed by atoms with Crippen LogP contribution in [0.4, 0.5) is 4.79 Å². The molecule has 0 aromatic carbocycles. The van der Waals surface area contributed by atoms with E-state index in [-0.39, 0.29) is 0 Å². The number of carbonyl (C=O) groups is 2. The van der Waals surface area contributed by atoms with Gasteiger partial charge in [-0.1, -0.05) is 6.92 Å². The Morgan fingerprint density at radius 3 is 2.10 bits per heavy atom. The van der Waals surface area contributed by atoms with Crippen LogP contribution in [0.2, 0.25) is 0 Å². The van der Waals surface area contributed by atoms with Crippen LogP contribution in [0, 0.1) is 5.92 Å². The standard InChI is InChI=1S/C15H29NO5/c1-8-9-16(14(19)21-15(4,5)6)11(3)12(20-7)10(2)13(17)18/h10-12H,8-9H2,1-7H3,(H,17,18). The van der Waals surface area contributed by atoms with Crippen molar-refractivity contribution in [1.82, 2.24) is 4.90 Å². The minimum absolute atomic E-state index is 0.393. The third-order valence-electron chi connectivity index (χ3n) is 3.21. The van der Waals surface area contributed by atoms with Crippen molar-refractivity contribution in [1.29, 1.82) is 0 Å². The molecular weight excluding hydrogens is 274 g/mol. The predicted molar refractivity (Wildman–Crippen MR) is 80.3 cm³/mol. The van der Waals surface area contributed by atoms with Gasteiger partial charge in [-0.25, -0.2) is 4.79 Å². The molecule has 0 aliphatic rings. The molecule has 0 aromatic heterocycles. The van der Waals surface area contributed by atoms with Crippen molar-refractivity contribution in [2.24, 2.45) is 5.92 Å². The molecule has 0 heterocycles. The summed E-state index contributed by atoms with van der Waals surface area (Å²) < 4.78 is 10.7. The number of carboxylic acid groups (broad SMARTS) is 1. The van der Waals surface area contributed by atoms with Crippen molar-refractivity contribution in [2.75, 3.05) is 13.7 Å². The van der Waals surface area contributed by atoms with Gasteiger partial charge in [-0.3, -0.25) is 4.79 Å². The largest absolute Gasteiger partial charge is 0.481 e. The third kappa shape index (κ3) is 6.33. The Morgan fingerprint density at radius 2 is 1.76 bits per heavy atom. The fourth-order valence-corrected chi connectivity index (χ4v) is 2.16. The molecule has 0 rings (SSSR count). The van der Waals surface area contributed by atoms with E-state index in [1.807, 2.05) is 6.92 Å². The molecule has 0 aliphatic heterocycles. The summed E-state index contributed by atoms with van der Waals surface area (Å²) in [5, 5.41) is 9.15. The molecule has 124 valence electrons. The van der Waals surface area contributed by atoms with Crippen molar-refractivity contribution in [2.45, 2.75) is 65.7 Å². The van der Waals surface area contributed by atoms with Gasteiger partial charge < -0.3 is 19.5 Å². The Morgan fingerprint density at radius 1 is 1.24 bits per heavy atom. The van der Waals surface area contributed by atoms with Gasteiger partial charge in [-0.15, -0.1) is 0 Å². The second kappa shape index (κ2) is 8.22. The molecule has 0 saturated heterocycles. The van der Waals surface area contributed by atoms with E-state index in [9.17, 15) is 9.59 Å². The van der Waals surface area contributed by atoms with Crippen molar-refractivity contribution in [3.05, 3.63) is 0 Å². The number of nitrogens with zero attached hydrogens (tertiary/aromatic N) is 1. The Bertz CT molecular complexity index is 350. The summed E-state index contributed by atoms with van der Waals surface area (Å²) in [7, 11) is 1.46. The molecular formula is C15H29NO5. The van der Waals surface area contributed by atoms with Crippen LogP contribution in [0.15, 0.2) is 0 Å². The molecule has 1 N–H and O–H groups in total. The summed E-state index contributed by atoms with van der Waals surface area (Å²) in [6.45, 7) is 11.2. The Kier molecular flexibility index (Phi) is 7.71. The number of carbonyl (C=O) groups excluding carboxylic acids is 1. The van der Waals surface area contributed by atoms with Gasteiger partial charge in [0.1, 0.15) is 5.60 Å². The van der Waals surface area contributed by atoms with Gasteiger partial charge in [-0.05, 0) is 41.0 Å². The first-order valence-electron chi connectivity index (χ1n) is 7.30. The highest BCUT2D eigenvalue weighted by atomic mass is 16.6. The number of methoxy groups -OCH3 is 1. The normalized spacial score (nSPS) is 16.0. The van der Waals surface area contributed by atoms with Gasteiger partial charge in [0.2, 0.25) is 0 Å². The Labute approximate surface area is 127 Å². The molecule has 0 aliphatic carbocycles. The lowest BCUT2D eigenvalue weighted by Crippen LogP contribution is -2.51. The Hall–Kier alpha value is -1.30. The minimum atomic E-state index is -0.950. The predicted octanol–water partition coefficient (Wildman–Crippen LogP) is 2.76. The zero-order chi connectivity index (χ0) is 16.8. The fourth-order valence-electron chi connectivity index (χ4n) is 2.16. The van der Waals surface area contributed by atoms with E-state index < -0.39 is 35.7 Å². The van der Waals surface area contributed by atoms with Crippen LogP contribution >= 0.6 is 0 Å². The molecule has 21 heavy (non-hydrogen) atoms. The molecule has 0 aromatic rings. The van der Waals surface area contributed by atoms with Crippen LogP contribution in [0.25, 0.3) is 0 Å². The zero-order valence-electron chi connectivity index (χ0n) is 14.2. The molecule has 1 amide bonds. The van der Waals surface area contributed by atoms with E-state index in [1.165, 1.54) is 7.11 Å². The molecule has 6 nitrogen and oxygen atoms in total. The van der Waals surface area contributed by atoms with E-state index in [0.29, 0.717) is 6.54 Å². The summed E-state index contributed by atoms with van der Waals surface area (Å²) in [5.41, 5.74) is -0.593. The van der Waals surface area contributed by atoms with Crippen LogP contribution in [0.5, 0.6) is 0 Å². The van der Waals surface area contributed by atoms with Crippen molar-refractivity contribution in [3.63, 3.8) is 0 Å². The first-order valence-corrected chi connectivity index (χ1v) is 7.30. The van der Waals surface area contributed by atoms with Gasteiger partial charge >= 0.3 is 12.1 Å². The van der Waals surface area contributed by atoms with Crippen LogP contribution < -0.4 is 0 Å². The third-order valence-corrected chi connectivity index (χ3v) is 3.21. The lowest BCUT2D eigenvalue weighted by molar-refractivity contribution is -0.147. The molecule has 0 radical (unpaired) electrons. The number of aliphatic carboxylic acids is 1. The van der Waals surface area contributed by atoms with Gasteiger partial charge in [0, 0.05) is 13.7 Å². The van der Waals surface area contributed by atoms with E-state index in [2.05, 4.69) is 0 Å². The molecule has 0 bridgehead atoms. The molecule has 0 saturated carbocycles. The Balaban J connectivity index is 5.15. The quantitative estimate of drug-likeness (QED) is 0.782. The van der Waals surface area contributed by atoms with Gasteiger partial charge in [-0.2, -0.15) is 0 Å². The van der Waals surface area contributed by atoms with Crippen molar-refractivity contribution in [3.8, 4) is 0 Å². The highest BCUT2D eigenvalue weighted by Crippen LogP contribution is 2.19. The maximum Gasteiger partial charge on any atom is 0.410 e. The molecule has 6 heteroatoms. The highest BCUT2D eigenvalue weighted by Gasteiger charge is 2.35. The number of carboxylic acids is 1. The summed E-state index contributed by atoms with van der Waals surface area (Å²) in [6, 6.07) is -0.393. The van der Waals surface area contributed by atoms with Crippen LogP contribution in [0.1, 0.15) is 48.0 Å². The van der Waals surface area contributed by atoms with E-state index in [0.717, 1.165) is 6.42 Å². The van der Waals surface area contributed by atoms with Crippen LogP contribution in [0.3, 0.4) is 0 Å². The van der Waals surface area contributed by atoms with Crippen molar-refractivity contribution >= 4 is 12.1 Å². The summed E-state index contributed by atoms with van der Waals surface area (Å²) in [4.78, 5) is 25.0. The summed E-state index contributed by atoms with van der Waals surface area (Å²) in [5.74, 6) is -1.67. The number of hydrogen-bond donors (Lipinski definition) is 1. The first-order chi connectivity index (χ1) is 9.55. The topological polar surface area (TPSA) is 76.1 Å². The number of ether oxygens (including phenoxy) is 2. The maximum absolute atomic E-state index is 12.3. The second-order valence-electron chi connectivity index (χ2n) is 6.24. The number of rotatable bonds is 7. The van der Waals surface area contributed by atoms with Gasteiger partial charge in [0.15, 0.2) is 0 Å². The van der Waals surface area contributed by atoms with Gasteiger partial charge in [0.05, 0.1) is 18.1 Å². The first kappa shape index (κ1) is 19.7. The fraction of sp³-hybridized carbons (Fsp3) is 0.867. The van der Waals surface area contributed by atoms with E-state index in [4.69, 9.17) is 14.6 Å². The van der Waals surface area contributed by atoms with Crippen molar-refractivity contribution < 1.29 is 24.2 Å². The number of hydrogen-bond acceptors (Lipinski definition) is 4. The molecule has 0 fully saturated rings. The minimum Gasteiger partial charge on any atom is -0.481 e.